The Morgan fingerprint density at radius 2 is 2.16 bits per heavy atom. The number of rotatable bonds is 8. The van der Waals surface area contributed by atoms with Crippen molar-refractivity contribution in [2.75, 3.05) is 18.8 Å². The number of nitrogens with two attached hydrogens (primary N) is 1. The molecule has 0 unspecified atom stereocenters. The van der Waals surface area contributed by atoms with Gasteiger partial charge in [-0.05, 0) is 43.4 Å². The maximum atomic E-state index is 11.9. The molecule has 32 heavy (non-hydrogen) atoms. The van der Waals surface area contributed by atoms with Crippen molar-refractivity contribution in [1.82, 2.24) is 15.6 Å². The van der Waals surface area contributed by atoms with Crippen LogP contribution >= 0.6 is 11.3 Å². The highest BCUT2D eigenvalue weighted by Gasteiger charge is 2.17. The number of phenolic OH excluding ortho intramolecular Hbond substituents is 1. The molecular formula is C25H28N4O2S. The van der Waals surface area contributed by atoms with E-state index in [-0.39, 0.29) is 11.7 Å². The topological polar surface area (TPSA) is 100 Å². The van der Waals surface area contributed by atoms with Gasteiger partial charge < -0.3 is 21.5 Å². The molecule has 0 spiro atoms. The second-order valence-corrected chi connectivity index (χ2v) is 8.76. The molecule has 1 heterocycles. The first-order chi connectivity index (χ1) is 15.5. The summed E-state index contributed by atoms with van der Waals surface area (Å²) in [6.07, 6.45) is 17.5. The molecule has 5 N–H and O–H groups in total. The second kappa shape index (κ2) is 11.8. The minimum absolute atomic E-state index is 0.0665. The van der Waals surface area contributed by atoms with Gasteiger partial charge in [0, 0.05) is 18.5 Å². The molecule has 1 amide bonds. The van der Waals surface area contributed by atoms with E-state index < -0.39 is 0 Å². The monoisotopic (exact) mass is 448 g/mol. The first-order valence-corrected chi connectivity index (χ1v) is 11.6. The zero-order chi connectivity index (χ0) is 22.8. The summed E-state index contributed by atoms with van der Waals surface area (Å²) in [5, 5.41) is 16.5. The molecule has 0 radical (unpaired) electrons. The van der Waals surface area contributed by atoms with Crippen LogP contribution in [0.3, 0.4) is 0 Å². The van der Waals surface area contributed by atoms with Gasteiger partial charge in [-0.15, -0.1) is 6.42 Å². The van der Waals surface area contributed by atoms with E-state index in [9.17, 15) is 9.90 Å². The lowest BCUT2D eigenvalue weighted by molar-refractivity contribution is -0.121. The number of anilines is 1. The Bertz CT molecular complexity index is 1110. The van der Waals surface area contributed by atoms with Crippen molar-refractivity contribution >= 4 is 32.6 Å². The molecule has 0 atom stereocenters. The molecule has 1 aliphatic carbocycles. The Morgan fingerprint density at radius 3 is 2.94 bits per heavy atom. The van der Waals surface area contributed by atoms with Crippen LogP contribution in [-0.2, 0) is 4.79 Å². The van der Waals surface area contributed by atoms with Crippen molar-refractivity contribution < 1.29 is 9.90 Å². The van der Waals surface area contributed by atoms with E-state index in [1.54, 1.807) is 12.1 Å². The number of fused-ring (bicyclic) bond motifs is 1. The molecule has 3 rings (SSSR count). The Balaban J connectivity index is 1.39. The number of carbonyl (C=O) groups is 1. The van der Waals surface area contributed by atoms with Crippen LogP contribution in [0.5, 0.6) is 5.75 Å². The van der Waals surface area contributed by atoms with Crippen LogP contribution in [-0.4, -0.2) is 29.1 Å². The number of aromatic nitrogens is 1. The Kier molecular flexibility index (Phi) is 8.60. The molecule has 2 aromatic rings. The van der Waals surface area contributed by atoms with Crippen molar-refractivity contribution in [1.29, 1.82) is 0 Å². The van der Waals surface area contributed by atoms with E-state index in [4.69, 9.17) is 12.2 Å². The number of carbonyl (C=O) groups excluding carboxylic acids is 1. The first kappa shape index (κ1) is 23.2. The number of amides is 1. The van der Waals surface area contributed by atoms with Crippen LogP contribution in [0, 0.1) is 30.1 Å². The SMILES string of the molecule is C#C/C(=C\C=C/CCNC(=O)CC1CCCC1)NCC#Cc1cc(O)c2nc(N)sc2c1. The summed E-state index contributed by atoms with van der Waals surface area (Å²) in [7, 11) is 0. The predicted molar refractivity (Wildman–Crippen MR) is 131 cm³/mol. The minimum Gasteiger partial charge on any atom is -0.506 e. The summed E-state index contributed by atoms with van der Waals surface area (Å²) in [6.45, 7) is 0.994. The van der Waals surface area contributed by atoms with Crippen molar-refractivity contribution in [2.24, 2.45) is 5.92 Å². The highest BCUT2D eigenvalue weighted by molar-refractivity contribution is 7.22. The standard InChI is InChI=1S/C25H28N4O2S/c1-2-20(12-4-3-7-13-28-23(31)17-18-9-5-6-10-18)27-14-8-11-19-15-21(30)24-22(16-19)32-25(26)29-24/h1,3-4,12,15-16,18,27,30H,5-7,9-10,13-14,17H2,(H2,26,29)(H,28,31)/b4-3-,20-12+. The van der Waals surface area contributed by atoms with Crippen LogP contribution in [0.25, 0.3) is 10.2 Å². The second-order valence-electron chi connectivity index (χ2n) is 7.70. The van der Waals surface area contributed by atoms with Gasteiger partial charge >= 0.3 is 0 Å². The number of nitrogens with one attached hydrogen (secondary N) is 2. The Morgan fingerprint density at radius 1 is 1.34 bits per heavy atom. The number of phenols is 1. The largest absolute Gasteiger partial charge is 0.506 e. The van der Waals surface area contributed by atoms with Crippen molar-refractivity contribution in [3.8, 4) is 29.9 Å². The third kappa shape index (κ3) is 7.08. The molecule has 6 nitrogen and oxygen atoms in total. The third-order valence-electron chi connectivity index (χ3n) is 5.23. The third-order valence-corrected chi connectivity index (χ3v) is 6.06. The molecule has 1 saturated carbocycles. The average molecular weight is 449 g/mol. The van der Waals surface area contributed by atoms with Crippen LogP contribution < -0.4 is 16.4 Å². The van der Waals surface area contributed by atoms with Gasteiger partial charge in [-0.1, -0.05) is 54.1 Å². The Hall–Kier alpha value is -3.42. The van der Waals surface area contributed by atoms with E-state index >= 15 is 0 Å². The van der Waals surface area contributed by atoms with E-state index in [2.05, 4.69) is 33.4 Å². The number of aromatic hydroxyl groups is 1. The first-order valence-electron chi connectivity index (χ1n) is 10.8. The number of benzene rings is 1. The number of thiazole rings is 1. The molecule has 166 valence electrons. The van der Waals surface area contributed by atoms with Gasteiger partial charge in [0.05, 0.1) is 16.9 Å². The lowest BCUT2D eigenvalue weighted by Crippen LogP contribution is -2.25. The quantitative estimate of drug-likeness (QED) is 0.280. The number of nitrogens with zero attached hydrogens (tertiary/aromatic N) is 1. The van der Waals surface area contributed by atoms with E-state index in [0.29, 0.717) is 47.3 Å². The summed E-state index contributed by atoms with van der Waals surface area (Å²) in [5.41, 5.74) is 7.49. The minimum atomic E-state index is 0.0665. The van der Waals surface area contributed by atoms with Gasteiger partial charge in [0.15, 0.2) is 5.13 Å². The zero-order valence-electron chi connectivity index (χ0n) is 18.0. The molecule has 7 heteroatoms. The molecular weight excluding hydrogens is 420 g/mol. The fourth-order valence-electron chi connectivity index (χ4n) is 3.65. The molecule has 1 aromatic heterocycles. The maximum absolute atomic E-state index is 11.9. The highest BCUT2D eigenvalue weighted by Crippen LogP contribution is 2.31. The lowest BCUT2D eigenvalue weighted by atomic mass is 10.0. The van der Waals surface area contributed by atoms with E-state index in [0.717, 1.165) is 11.1 Å². The molecule has 1 aliphatic rings. The summed E-state index contributed by atoms with van der Waals surface area (Å²) < 4.78 is 0.795. The molecule has 0 aliphatic heterocycles. The lowest BCUT2D eigenvalue weighted by Gasteiger charge is -2.08. The molecule has 1 aromatic carbocycles. The number of terminal acetylenes is 1. The number of hydrogen-bond acceptors (Lipinski definition) is 6. The number of allylic oxidation sites excluding steroid dienone is 3. The van der Waals surface area contributed by atoms with Gasteiger partial charge in [-0.25, -0.2) is 4.98 Å². The van der Waals surface area contributed by atoms with E-state index in [1.165, 1.54) is 37.0 Å². The van der Waals surface area contributed by atoms with Gasteiger partial charge in [-0.3, -0.25) is 4.79 Å². The van der Waals surface area contributed by atoms with Crippen molar-refractivity contribution in [3.05, 3.63) is 41.6 Å². The van der Waals surface area contributed by atoms with Crippen LogP contribution in [0.4, 0.5) is 5.13 Å². The van der Waals surface area contributed by atoms with Crippen LogP contribution in [0.1, 0.15) is 44.1 Å². The normalized spacial score (nSPS) is 14.3. The predicted octanol–water partition coefficient (Wildman–Crippen LogP) is 3.69. The zero-order valence-corrected chi connectivity index (χ0v) is 18.8. The van der Waals surface area contributed by atoms with Crippen LogP contribution in [0.15, 0.2) is 36.1 Å². The van der Waals surface area contributed by atoms with Gasteiger partial charge in [0.1, 0.15) is 11.3 Å². The Labute approximate surface area is 193 Å². The average Bonchev–Trinajstić information content (AvgIpc) is 3.41. The summed E-state index contributed by atoms with van der Waals surface area (Å²) in [5.74, 6) is 9.36. The fourth-order valence-corrected chi connectivity index (χ4v) is 4.44. The summed E-state index contributed by atoms with van der Waals surface area (Å²) in [4.78, 5) is 16.0. The van der Waals surface area contributed by atoms with Gasteiger partial charge in [0.2, 0.25) is 5.91 Å². The molecule has 0 saturated heterocycles. The summed E-state index contributed by atoms with van der Waals surface area (Å²) in [6, 6.07) is 3.42. The number of nitrogen functional groups attached to an aromatic ring is 1. The molecule has 0 bridgehead atoms. The molecule has 1 fully saturated rings. The maximum Gasteiger partial charge on any atom is 0.220 e. The van der Waals surface area contributed by atoms with Gasteiger partial charge in [-0.2, -0.15) is 0 Å². The van der Waals surface area contributed by atoms with Crippen molar-refractivity contribution in [2.45, 2.75) is 38.5 Å². The van der Waals surface area contributed by atoms with E-state index in [1.807, 2.05) is 18.2 Å². The smallest absolute Gasteiger partial charge is 0.220 e. The fraction of sp³-hybridized carbons (Fsp3) is 0.360. The van der Waals surface area contributed by atoms with Crippen molar-refractivity contribution in [3.63, 3.8) is 0 Å². The highest BCUT2D eigenvalue weighted by atomic mass is 32.1. The summed E-state index contributed by atoms with van der Waals surface area (Å²) >= 11 is 1.31. The van der Waals surface area contributed by atoms with Crippen LogP contribution in [0.2, 0.25) is 0 Å². The van der Waals surface area contributed by atoms with Gasteiger partial charge in [0.25, 0.3) is 0 Å². The number of hydrogen-bond donors (Lipinski definition) is 4.